The second kappa shape index (κ2) is 4.25. The second-order valence-corrected chi connectivity index (χ2v) is 3.21. The van der Waals surface area contributed by atoms with E-state index in [1.54, 1.807) is 23.1 Å². The molecule has 0 aliphatic carbocycles. The molecule has 5 nitrogen and oxygen atoms in total. The van der Waals surface area contributed by atoms with E-state index in [9.17, 15) is 0 Å². The van der Waals surface area contributed by atoms with Crippen LogP contribution in [0.2, 0.25) is 0 Å². The van der Waals surface area contributed by atoms with Crippen molar-refractivity contribution in [3.05, 3.63) is 42.5 Å². The van der Waals surface area contributed by atoms with Crippen LogP contribution in [0.4, 0.5) is 0 Å². The smallest absolute Gasteiger partial charge is 0.423 e. The fraction of sp³-hybridized carbons (Fsp3) is 0.111. The summed E-state index contributed by atoms with van der Waals surface area (Å²) in [5.74, 6) is 0. The first-order chi connectivity index (χ1) is 7.25. The average Bonchev–Trinajstić information content (AvgIpc) is 2.71. The highest BCUT2D eigenvalue weighted by molar-refractivity contribution is 6.58. The Morgan fingerprint density at radius 3 is 2.47 bits per heavy atom. The summed E-state index contributed by atoms with van der Waals surface area (Å²) in [6.07, 6.45) is 3.11. The highest BCUT2D eigenvalue weighted by Crippen LogP contribution is 1.99. The van der Waals surface area contributed by atoms with Gasteiger partial charge in [-0.1, -0.05) is 24.3 Å². The lowest BCUT2D eigenvalue weighted by molar-refractivity contribution is 0.426. The summed E-state index contributed by atoms with van der Waals surface area (Å²) in [4.78, 5) is 3.84. The van der Waals surface area contributed by atoms with Crippen LogP contribution < -0.4 is 5.46 Å². The van der Waals surface area contributed by atoms with Gasteiger partial charge in [0, 0.05) is 0 Å². The van der Waals surface area contributed by atoms with Crippen molar-refractivity contribution in [1.29, 1.82) is 0 Å². The van der Waals surface area contributed by atoms with Gasteiger partial charge in [-0.25, -0.2) is 9.67 Å². The third-order valence-corrected chi connectivity index (χ3v) is 2.09. The summed E-state index contributed by atoms with van der Waals surface area (Å²) >= 11 is 0. The van der Waals surface area contributed by atoms with Gasteiger partial charge in [-0.3, -0.25) is 0 Å². The molecule has 0 radical (unpaired) electrons. The van der Waals surface area contributed by atoms with Crippen LogP contribution in [-0.4, -0.2) is 31.9 Å². The third kappa shape index (κ3) is 2.42. The van der Waals surface area contributed by atoms with Crippen LogP contribution in [0.3, 0.4) is 0 Å². The molecule has 0 saturated carbocycles. The molecule has 0 aliphatic rings. The minimum Gasteiger partial charge on any atom is -0.423 e. The molecule has 2 rings (SSSR count). The zero-order chi connectivity index (χ0) is 10.7. The molecule has 2 N–H and O–H groups in total. The molecule has 76 valence electrons. The van der Waals surface area contributed by atoms with E-state index >= 15 is 0 Å². The Hall–Kier alpha value is -1.66. The van der Waals surface area contributed by atoms with E-state index in [0.29, 0.717) is 12.0 Å². The third-order valence-electron chi connectivity index (χ3n) is 2.09. The molecular formula is C9H10BN3O2. The fourth-order valence-electron chi connectivity index (χ4n) is 1.30. The van der Waals surface area contributed by atoms with Crippen molar-refractivity contribution in [1.82, 2.24) is 14.8 Å². The molecule has 0 spiro atoms. The zero-order valence-corrected chi connectivity index (χ0v) is 7.98. The fourth-order valence-corrected chi connectivity index (χ4v) is 1.30. The first-order valence-electron chi connectivity index (χ1n) is 4.53. The van der Waals surface area contributed by atoms with Gasteiger partial charge in [-0.15, -0.1) is 0 Å². The predicted molar refractivity (Wildman–Crippen MR) is 55.4 cm³/mol. The molecule has 1 heterocycles. The summed E-state index contributed by atoms with van der Waals surface area (Å²) in [5, 5.41) is 21.8. The van der Waals surface area contributed by atoms with Crippen molar-refractivity contribution < 1.29 is 10.0 Å². The number of benzene rings is 1. The van der Waals surface area contributed by atoms with E-state index < -0.39 is 7.12 Å². The molecule has 15 heavy (non-hydrogen) atoms. The molecule has 1 aromatic carbocycles. The Kier molecular flexibility index (Phi) is 2.80. The van der Waals surface area contributed by atoms with Gasteiger partial charge < -0.3 is 10.0 Å². The van der Waals surface area contributed by atoms with Crippen LogP contribution in [0, 0.1) is 0 Å². The molecule has 0 unspecified atom stereocenters. The summed E-state index contributed by atoms with van der Waals surface area (Å²) in [5.41, 5.74) is 1.52. The Balaban J connectivity index is 2.11. The maximum atomic E-state index is 8.90. The van der Waals surface area contributed by atoms with Crippen molar-refractivity contribution >= 4 is 12.6 Å². The molecule has 2 aromatic rings. The van der Waals surface area contributed by atoms with Gasteiger partial charge in [-0.2, -0.15) is 5.10 Å². The van der Waals surface area contributed by atoms with Crippen LogP contribution in [0.5, 0.6) is 0 Å². The van der Waals surface area contributed by atoms with E-state index in [4.69, 9.17) is 10.0 Å². The van der Waals surface area contributed by atoms with Gasteiger partial charge in [0.2, 0.25) is 0 Å². The summed E-state index contributed by atoms with van der Waals surface area (Å²) in [7, 11) is -1.41. The van der Waals surface area contributed by atoms with E-state index in [2.05, 4.69) is 10.1 Å². The molecule has 0 saturated heterocycles. The van der Waals surface area contributed by atoms with Crippen molar-refractivity contribution in [2.45, 2.75) is 6.54 Å². The highest BCUT2D eigenvalue weighted by Gasteiger charge is 2.09. The average molecular weight is 203 g/mol. The molecule has 0 amide bonds. The van der Waals surface area contributed by atoms with E-state index in [1.165, 1.54) is 6.33 Å². The van der Waals surface area contributed by atoms with Gasteiger partial charge in [0.25, 0.3) is 0 Å². The summed E-state index contributed by atoms with van der Waals surface area (Å²) in [6, 6.07) is 7.01. The highest BCUT2D eigenvalue weighted by atomic mass is 16.4. The van der Waals surface area contributed by atoms with E-state index in [-0.39, 0.29) is 0 Å². The number of nitrogens with zero attached hydrogens (tertiary/aromatic N) is 3. The monoisotopic (exact) mass is 203 g/mol. The van der Waals surface area contributed by atoms with Gasteiger partial charge in [0.15, 0.2) is 0 Å². The Bertz CT molecular complexity index is 413. The molecular weight excluding hydrogens is 193 g/mol. The van der Waals surface area contributed by atoms with Crippen LogP contribution in [0.1, 0.15) is 5.56 Å². The Labute approximate surface area is 87.2 Å². The minimum absolute atomic E-state index is 0.484. The lowest BCUT2D eigenvalue weighted by Gasteiger charge is -2.03. The molecule has 0 bridgehead atoms. The Morgan fingerprint density at radius 1 is 1.20 bits per heavy atom. The van der Waals surface area contributed by atoms with E-state index in [0.717, 1.165) is 5.56 Å². The van der Waals surface area contributed by atoms with Crippen LogP contribution in [0.25, 0.3) is 0 Å². The van der Waals surface area contributed by atoms with Gasteiger partial charge in [-0.05, 0) is 11.0 Å². The lowest BCUT2D eigenvalue weighted by Crippen LogP contribution is -2.29. The van der Waals surface area contributed by atoms with Crippen LogP contribution in [-0.2, 0) is 6.54 Å². The zero-order valence-electron chi connectivity index (χ0n) is 7.98. The van der Waals surface area contributed by atoms with Gasteiger partial charge in [0.05, 0.1) is 6.54 Å². The van der Waals surface area contributed by atoms with Crippen LogP contribution >= 0.6 is 0 Å². The number of hydrogen-bond donors (Lipinski definition) is 2. The topological polar surface area (TPSA) is 71.2 Å². The van der Waals surface area contributed by atoms with Crippen molar-refractivity contribution in [3.8, 4) is 0 Å². The van der Waals surface area contributed by atoms with Crippen LogP contribution in [0.15, 0.2) is 36.9 Å². The summed E-state index contributed by atoms with van der Waals surface area (Å²) in [6.45, 7) is 0.627. The predicted octanol–water partition coefficient (Wildman–Crippen LogP) is -0.994. The SMILES string of the molecule is OB(O)c1ccc(Cn2cncn2)cc1. The maximum absolute atomic E-state index is 8.90. The van der Waals surface area contributed by atoms with Gasteiger partial charge in [0.1, 0.15) is 12.7 Å². The first-order valence-corrected chi connectivity index (χ1v) is 4.53. The maximum Gasteiger partial charge on any atom is 0.488 e. The molecule has 1 aromatic heterocycles. The molecule has 0 atom stereocenters. The first kappa shape index (κ1) is 9.88. The molecule has 0 fully saturated rings. The summed E-state index contributed by atoms with van der Waals surface area (Å²) < 4.78 is 1.70. The van der Waals surface area contributed by atoms with Crippen molar-refractivity contribution in [3.63, 3.8) is 0 Å². The number of aromatic nitrogens is 3. The van der Waals surface area contributed by atoms with E-state index in [1.807, 2.05) is 12.1 Å². The van der Waals surface area contributed by atoms with Crippen molar-refractivity contribution in [2.24, 2.45) is 0 Å². The Morgan fingerprint density at radius 2 is 1.93 bits per heavy atom. The lowest BCUT2D eigenvalue weighted by atomic mass is 9.80. The standard InChI is InChI=1S/C9H10BN3O2/c14-10(15)9-3-1-8(2-4-9)5-13-7-11-6-12-13/h1-4,6-7,14-15H,5H2. The quantitative estimate of drug-likeness (QED) is 0.628. The van der Waals surface area contributed by atoms with Crippen molar-refractivity contribution in [2.75, 3.05) is 0 Å². The molecule has 0 aliphatic heterocycles. The largest absolute Gasteiger partial charge is 0.488 e. The number of hydrogen-bond acceptors (Lipinski definition) is 4. The minimum atomic E-state index is -1.41. The number of rotatable bonds is 3. The normalized spacial score (nSPS) is 10.3. The van der Waals surface area contributed by atoms with Gasteiger partial charge >= 0.3 is 7.12 Å². The second-order valence-electron chi connectivity index (χ2n) is 3.21. The molecule has 6 heteroatoms.